The van der Waals surface area contributed by atoms with Crippen molar-refractivity contribution in [3.63, 3.8) is 0 Å². The summed E-state index contributed by atoms with van der Waals surface area (Å²) < 4.78 is 0. The minimum atomic E-state index is -0.855. The van der Waals surface area contributed by atoms with E-state index in [1.54, 1.807) is 9.80 Å². The van der Waals surface area contributed by atoms with Crippen molar-refractivity contribution >= 4 is 12.0 Å². The SMILES string of the molecule is CC(CC(=O)O)N1CC(C2CCN(C)C2)N(C)C1=O. The molecule has 6 nitrogen and oxygen atoms in total. The lowest BCUT2D eigenvalue weighted by molar-refractivity contribution is -0.137. The highest BCUT2D eigenvalue weighted by atomic mass is 16.4. The van der Waals surface area contributed by atoms with Gasteiger partial charge in [0.1, 0.15) is 0 Å². The number of likely N-dealkylation sites (tertiary alicyclic amines) is 1. The Bertz CT molecular complexity index is 374. The van der Waals surface area contributed by atoms with Crippen LogP contribution in [0.2, 0.25) is 0 Å². The lowest BCUT2D eigenvalue weighted by Gasteiger charge is -2.24. The Morgan fingerprint density at radius 2 is 2.11 bits per heavy atom. The molecule has 2 fully saturated rings. The highest BCUT2D eigenvalue weighted by Crippen LogP contribution is 2.28. The zero-order valence-electron chi connectivity index (χ0n) is 11.9. The second kappa shape index (κ2) is 5.36. The quantitative estimate of drug-likeness (QED) is 0.809. The van der Waals surface area contributed by atoms with Crippen molar-refractivity contribution < 1.29 is 14.7 Å². The molecule has 2 rings (SSSR count). The number of amides is 2. The fraction of sp³-hybridized carbons (Fsp3) is 0.846. The van der Waals surface area contributed by atoms with E-state index in [9.17, 15) is 9.59 Å². The van der Waals surface area contributed by atoms with Gasteiger partial charge in [-0.15, -0.1) is 0 Å². The van der Waals surface area contributed by atoms with Crippen LogP contribution in [0.4, 0.5) is 4.79 Å². The zero-order chi connectivity index (χ0) is 14.2. The zero-order valence-corrected chi connectivity index (χ0v) is 11.9. The summed E-state index contributed by atoms with van der Waals surface area (Å²) in [5.74, 6) is -0.354. The maximum Gasteiger partial charge on any atom is 0.320 e. The lowest BCUT2D eigenvalue weighted by Crippen LogP contribution is -2.38. The first kappa shape index (κ1) is 14.1. The van der Waals surface area contributed by atoms with Gasteiger partial charge in [0.25, 0.3) is 0 Å². The van der Waals surface area contributed by atoms with Crippen LogP contribution in [0.15, 0.2) is 0 Å². The first-order valence-electron chi connectivity index (χ1n) is 6.84. The number of likely N-dealkylation sites (N-methyl/N-ethyl adjacent to an activating group) is 1. The molecular weight excluding hydrogens is 246 g/mol. The Balaban J connectivity index is 2.02. The van der Waals surface area contributed by atoms with Gasteiger partial charge < -0.3 is 19.8 Å². The number of carboxylic acids is 1. The minimum Gasteiger partial charge on any atom is -0.481 e. The standard InChI is InChI=1S/C13H23N3O3/c1-9(6-12(17)18)16-8-11(15(3)13(16)19)10-4-5-14(2)7-10/h9-11H,4-8H2,1-3H3,(H,17,18). The Hall–Kier alpha value is -1.30. The Morgan fingerprint density at radius 3 is 2.63 bits per heavy atom. The van der Waals surface area contributed by atoms with Crippen molar-refractivity contribution in [1.82, 2.24) is 14.7 Å². The molecule has 2 heterocycles. The van der Waals surface area contributed by atoms with Crippen LogP contribution in [0, 0.1) is 5.92 Å². The molecule has 2 amide bonds. The third-order valence-electron chi connectivity index (χ3n) is 4.40. The third kappa shape index (κ3) is 2.83. The highest BCUT2D eigenvalue weighted by Gasteiger charge is 2.42. The molecule has 2 aliphatic rings. The maximum atomic E-state index is 12.2. The fourth-order valence-corrected chi connectivity index (χ4v) is 3.23. The van der Waals surface area contributed by atoms with Crippen molar-refractivity contribution in [2.24, 2.45) is 5.92 Å². The van der Waals surface area contributed by atoms with Crippen LogP contribution < -0.4 is 0 Å². The average Bonchev–Trinajstić information content (AvgIpc) is 2.85. The highest BCUT2D eigenvalue weighted by molar-refractivity contribution is 5.78. The van der Waals surface area contributed by atoms with Gasteiger partial charge in [-0.3, -0.25) is 4.79 Å². The van der Waals surface area contributed by atoms with Gasteiger partial charge in [0, 0.05) is 26.2 Å². The largest absolute Gasteiger partial charge is 0.481 e. The van der Waals surface area contributed by atoms with Crippen LogP contribution in [0.5, 0.6) is 0 Å². The average molecular weight is 269 g/mol. The molecule has 0 aromatic rings. The number of hydrogen-bond acceptors (Lipinski definition) is 3. The van der Waals surface area contributed by atoms with Crippen molar-refractivity contribution in [1.29, 1.82) is 0 Å². The number of carbonyl (C=O) groups is 2. The first-order valence-corrected chi connectivity index (χ1v) is 6.84. The Kier molecular flexibility index (Phi) is 3.99. The maximum absolute atomic E-state index is 12.2. The van der Waals surface area contributed by atoms with E-state index in [1.165, 1.54) is 0 Å². The smallest absolute Gasteiger partial charge is 0.320 e. The van der Waals surface area contributed by atoms with Gasteiger partial charge >= 0.3 is 12.0 Å². The molecule has 0 aromatic carbocycles. The van der Waals surface area contributed by atoms with E-state index < -0.39 is 5.97 Å². The van der Waals surface area contributed by atoms with Gasteiger partial charge in [0.2, 0.25) is 0 Å². The van der Waals surface area contributed by atoms with E-state index in [1.807, 2.05) is 14.0 Å². The molecule has 3 atom stereocenters. The summed E-state index contributed by atoms with van der Waals surface area (Å²) in [4.78, 5) is 28.8. The number of hydrogen-bond donors (Lipinski definition) is 1. The van der Waals surface area contributed by atoms with E-state index in [2.05, 4.69) is 11.9 Å². The van der Waals surface area contributed by atoms with Gasteiger partial charge in [-0.1, -0.05) is 0 Å². The van der Waals surface area contributed by atoms with Crippen LogP contribution >= 0.6 is 0 Å². The van der Waals surface area contributed by atoms with Crippen molar-refractivity contribution in [2.45, 2.75) is 31.8 Å². The van der Waals surface area contributed by atoms with Crippen molar-refractivity contribution in [2.75, 3.05) is 33.7 Å². The predicted molar refractivity (Wildman–Crippen MR) is 71.0 cm³/mol. The molecule has 2 saturated heterocycles. The summed E-state index contributed by atoms with van der Waals surface area (Å²) in [6, 6.07) is -0.0569. The molecule has 0 bridgehead atoms. The summed E-state index contributed by atoms with van der Waals surface area (Å²) in [6.45, 7) is 4.56. The van der Waals surface area contributed by atoms with Crippen LogP contribution in [0.25, 0.3) is 0 Å². The third-order valence-corrected chi connectivity index (χ3v) is 4.40. The van der Waals surface area contributed by atoms with Crippen molar-refractivity contribution in [3.8, 4) is 0 Å². The molecule has 0 aromatic heterocycles. The summed E-state index contributed by atoms with van der Waals surface area (Å²) in [6.07, 6.45) is 1.12. The van der Waals surface area contributed by atoms with Crippen LogP contribution in [0.3, 0.4) is 0 Å². The van der Waals surface area contributed by atoms with E-state index in [-0.39, 0.29) is 24.5 Å². The van der Waals surface area contributed by atoms with Crippen LogP contribution in [-0.4, -0.2) is 77.6 Å². The number of aliphatic carboxylic acids is 1. The number of carbonyl (C=O) groups excluding carboxylic acids is 1. The second-order valence-electron chi connectivity index (χ2n) is 5.87. The van der Waals surface area contributed by atoms with Gasteiger partial charge in [-0.2, -0.15) is 0 Å². The van der Waals surface area contributed by atoms with E-state index in [4.69, 9.17) is 5.11 Å². The van der Waals surface area contributed by atoms with Crippen LogP contribution in [0.1, 0.15) is 19.8 Å². The summed E-state index contributed by atoms with van der Waals surface area (Å²) >= 11 is 0. The van der Waals surface area contributed by atoms with E-state index in [0.717, 1.165) is 19.5 Å². The fourth-order valence-electron chi connectivity index (χ4n) is 3.23. The summed E-state index contributed by atoms with van der Waals surface area (Å²) in [7, 11) is 3.93. The first-order chi connectivity index (χ1) is 8.90. The van der Waals surface area contributed by atoms with Gasteiger partial charge in [-0.25, -0.2) is 4.79 Å². The molecule has 6 heteroatoms. The summed E-state index contributed by atoms with van der Waals surface area (Å²) in [5, 5.41) is 8.85. The van der Waals surface area contributed by atoms with Gasteiger partial charge in [-0.05, 0) is 32.9 Å². The van der Waals surface area contributed by atoms with E-state index in [0.29, 0.717) is 12.5 Å². The molecule has 19 heavy (non-hydrogen) atoms. The van der Waals surface area contributed by atoms with Crippen LogP contribution in [-0.2, 0) is 4.79 Å². The lowest BCUT2D eigenvalue weighted by atomic mass is 9.98. The molecule has 0 radical (unpaired) electrons. The molecule has 3 unspecified atom stereocenters. The minimum absolute atomic E-state index is 0.0108. The monoisotopic (exact) mass is 269 g/mol. The van der Waals surface area contributed by atoms with Gasteiger partial charge in [0.05, 0.1) is 12.5 Å². The number of urea groups is 1. The normalized spacial score (nSPS) is 30.2. The molecule has 2 aliphatic heterocycles. The predicted octanol–water partition coefficient (Wildman–Crippen LogP) is 0.537. The molecule has 0 aliphatic carbocycles. The molecule has 108 valence electrons. The molecular formula is C13H23N3O3. The molecule has 0 spiro atoms. The molecule has 1 N–H and O–H groups in total. The molecule has 0 saturated carbocycles. The second-order valence-corrected chi connectivity index (χ2v) is 5.87. The topological polar surface area (TPSA) is 64.1 Å². The number of carboxylic acid groups (broad SMARTS) is 1. The van der Waals surface area contributed by atoms with E-state index >= 15 is 0 Å². The van der Waals surface area contributed by atoms with Crippen molar-refractivity contribution in [3.05, 3.63) is 0 Å². The summed E-state index contributed by atoms with van der Waals surface area (Å²) in [5.41, 5.74) is 0. The number of rotatable bonds is 4. The number of nitrogens with zero attached hydrogens (tertiary/aromatic N) is 3. The Labute approximate surface area is 114 Å². The van der Waals surface area contributed by atoms with Gasteiger partial charge in [0.15, 0.2) is 0 Å². The Morgan fingerprint density at radius 1 is 1.42 bits per heavy atom.